The van der Waals surface area contributed by atoms with Crippen LogP contribution in [0.1, 0.15) is 0 Å². The summed E-state index contributed by atoms with van der Waals surface area (Å²) in [6.45, 7) is 0. The van der Waals surface area contributed by atoms with E-state index < -0.39 is 0 Å². The lowest BCUT2D eigenvalue weighted by Crippen LogP contribution is -2.03. The van der Waals surface area contributed by atoms with E-state index in [1.54, 1.807) is 0 Å². The minimum absolute atomic E-state index is 0.690. The van der Waals surface area contributed by atoms with Crippen molar-refractivity contribution in [2.24, 2.45) is 0 Å². The SMILES string of the molecule is c1ccc(-n2c3ccccc3c3cc(-c4ccc5c(c4)c4ccc6ccccc6c4n5-c4nc5c6c(cccc6n4)-c4ccccc4-5)ccc32)cc1. The first-order chi connectivity index (χ1) is 25.8. The van der Waals surface area contributed by atoms with Gasteiger partial charge in [0.15, 0.2) is 0 Å². The summed E-state index contributed by atoms with van der Waals surface area (Å²) in [5.41, 5.74) is 13.7. The van der Waals surface area contributed by atoms with Crippen molar-refractivity contribution in [3.05, 3.63) is 170 Å². The summed E-state index contributed by atoms with van der Waals surface area (Å²) in [5, 5.41) is 8.36. The number of hydrogen-bond donors (Lipinski definition) is 0. The van der Waals surface area contributed by atoms with Gasteiger partial charge in [-0.1, -0.05) is 121 Å². The van der Waals surface area contributed by atoms with Gasteiger partial charge >= 0.3 is 0 Å². The van der Waals surface area contributed by atoms with Crippen LogP contribution in [0.5, 0.6) is 0 Å². The van der Waals surface area contributed by atoms with Gasteiger partial charge in [0.2, 0.25) is 5.95 Å². The number of aromatic nitrogens is 4. The average Bonchev–Trinajstić information content (AvgIpc) is 3.84. The molecule has 12 rings (SSSR count). The minimum Gasteiger partial charge on any atom is -0.309 e. The molecule has 0 amide bonds. The maximum Gasteiger partial charge on any atom is 0.235 e. The highest BCUT2D eigenvalue weighted by Crippen LogP contribution is 2.47. The third kappa shape index (κ3) is 3.70. The Morgan fingerprint density at radius 3 is 1.88 bits per heavy atom. The smallest absolute Gasteiger partial charge is 0.235 e. The molecular weight excluding hydrogens is 633 g/mol. The molecule has 0 unspecified atom stereocenters. The fourth-order valence-electron chi connectivity index (χ4n) is 8.79. The van der Waals surface area contributed by atoms with Gasteiger partial charge in [-0.15, -0.1) is 0 Å². The van der Waals surface area contributed by atoms with Crippen molar-refractivity contribution < 1.29 is 0 Å². The van der Waals surface area contributed by atoms with Crippen LogP contribution in [-0.4, -0.2) is 19.1 Å². The van der Waals surface area contributed by atoms with Gasteiger partial charge in [0, 0.05) is 43.6 Å². The van der Waals surface area contributed by atoms with Crippen LogP contribution < -0.4 is 0 Å². The van der Waals surface area contributed by atoms with Crippen LogP contribution in [0.4, 0.5) is 0 Å². The Hall–Kier alpha value is -7.04. The minimum atomic E-state index is 0.690. The summed E-state index contributed by atoms with van der Waals surface area (Å²) in [7, 11) is 0. The van der Waals surface area contributed by atoms with E-state index in [2.05, 4.69) is 179 Å². The normalized spacial score (nSPS) is 12.2. The maximum absolute atomic E-state index is 5.38. The van der Waals surface area contributed by atoms with Crippen molar-refractivity contribution in [1.82, 2.24) is 19.1 Å². The molecule has 0 aliphatic heterocycles. The van der Waals surface area contributed by atoms with Crippen LogP contribution in [0.2, 0.25) is 0 Å². The topological polar surface area (TPSA) is 35.6 Å². The second kappa shape index (κ2) is 10.3. The Morgan fingerprint density at radius 1 is 0.385 bits per heavy atom. The molecule has 0 N–H and O–H groups in total. The summed E-state index contributed by atoms with van der Waals surface area (Å²) < 4.78 is 4.66. The van der Waals surface area contributed by atoms with Gasteiger partial charge in [-0.3, -0.25) is 4.57 Å². The zero-order valence-electron chi connectivity index (χ0n) is 28.0. The Labute approximate surface area is 298 Å². The van der Waals surface area contributed by atoms with Crippen molar-refractivity contribution in [3.63, 3.8) is 0 Å². The summed E-state index contributed by atoms with van der Waals surface area (Å²) >= 11 is 0. The van der Waals surface area contributed by atoms with Crippen molar-refractivity contribution in [1.29, 1.82) is 0 Å². The Bertz CT molecular complexity index is 3290. The van der Waals surface area contributed by atoms with Gasteiger partial charge in [0.05, 0.1) is 33.3 Å². The van der Waals surface area contributed by atoms with Crippen LogP contribution in [0.15, 0.2) is 170 Å². The molecule has 52 heavy (non-hydrogen) atoms. The largest absolute Gasteiger partial charge is 0.309 e. The molecule has 1 aliphatic rings. The first-order valence-corrected chi connectivity index (χ1v) is 17.8. The highest BCUT2D eigenvalue weighted by Gasteiger charge is 2.26. The van der Waals surface area contributed by atoms with E-state index in [1.165, 1.54) is 65.6 Å². The lowest BCUT2D eigenvalue weighted by atomic mass is 10.00. The number of benzene rings is 8. The van der Waals surface area contributed by atoms with Crippen LogP contribution in [0.3, 0.4) is 0 Å². The van der Waals surface area contributed by atoms with Crippen LogP contribution in [-0.2, 0) is 0 Å². The predicted octanol–water partition coefficient (Wildman–Crippen LogP) is 12.3. The second-order valence-electron chi connectivity index (χ2n) is 13.8. The van der Waals surface area contributed by atoms with Crippen LogP contribution in [0, 0.1) is 0 Å². The molecule has 1 aliphatic carbocycles. The number of para-hydroxylation sites is 2. The fourth-order valence-corrected chi connectivity index (χ4v) is 8.79. The van der Waals surface area contributed by atoms with E-state index in [1.807, 2.05) is 0 Å². The van der Waals surface area contributed by atoms with E-state index >= 15 is 0 Å². The van der Waals surface area contributed by atoms with Crippen molar-refractivity contribution in [3.8, 4) is 45.1 Å². The fraction of sp³-hybridized carbons (Fsp3) is 0. The molecule has 0 atom stereocenters. The molecule has 0 saturated carbocycles. The molecule has 11 aromatic rings. The van der Waals surface area contributed by atoms with E-state index in [0.29, 0.717) is 5.95 Å². The number of hydrogen-bond acceptors (Lipinski definition) is 2. The van der Waals surface area contributed by atoms with Crippen LogP contribution in [0.25, 0.3) is 110 Å². The first-order valence-electron chi connectivity index (χ1n) is 17.8. The molecule has 0 spiro atoms. The summed E-state index contributed by atoms with van der Waals surface area (Å²) in [4.78, 5) is 10.7. The monoisotopic (exact) mass is 660 g/mol. The number of fused-ring (bicyclic) bond motifs is 11. The third-order valence-electron chi connectivity index (χ3n) is 11.1. The average molecular weight is 661 g/mol. The van der Waals surface area contributed by atoms with Gasteiger partial charge in [-0.25, -0.2) is 9.97 Å². The summed E-state index contributed by atoms with van der Waals surface area (Å²) in [5.74, 6) is 0.690. The van der Waals surface area contributed by atoms with Gasteiger partial charge in [0.1, 0.15) is 0 Å². The van der Waals surface area contributed by atoms with E-state index in [0.717, 1.165) is 38.9 Å². The number of nitrogens with zero attached hydrogens (tertiary/aromatic N) is 4. The molecule has 3 heterocycles. The van der Waals surface area contributed by atoms with Crippen LogP contribution >= 0.6 is 0 Å². The Morgan fingerprint density at radius 2 is 1.04 bits per heavy atom. The molecular formula is C48H28N4. The predicted molar refractivity (Wildman–Crippen MR) is 216 cm³/mol. The lowest BCUT2D eigenvalue weighted by molar-refractivity contribution is 1.02. The molecule has 0 radical (unpaired) electrons. The summed E-state index contributed by atoms with van der Waals surface area (Å²) in [6.07, 6.45) is 0. The number of rotatable bonds is 3. The Balaban J connectivity index is 1.12. The lowest BCUT2D eigenvalue weighted by Gasteiger charge is -2.11. The van der Waals surface area contributed by atoms with Crippen molar-refractivity contribution in [2.45, 2.75) is 0 Å². The zero-order valence-corrected chi connectivity index (χ0v) is 28.0. The van der Waals surface area contributed by atoms with Gasteiger partial charge < -0.3 is 4.57 Å². The maximum atomic E-state index is 5.38. The van der Waals surface area contributed by atoms with Crippen molar-refractivity contribution in [2.75, 3.05) is 0 Å². The second-order valence-corrected chi connectivity index (χ2v) is 13.8. The first kappa shape index (κ1) is 27.7. The van der Waals surface area contributed by atoms with Gasteiger partial charge in [-0.2, -0.15) is 0 Å². The van der Waals surface area contributed by atoms with Gasteiger partial charge in [0.25, 0.3) is 0 Å². The van der Waals surface area contributed by atoms with E-state index in [9.17, 15) is 0 Å². The highest BCUT2D eigenvalue weighted by molar-refractivity contribution is 6.20. The molecule has 3 aromatic heterocycles. The van der Waals surface area contributed by atoms with Crippen molar-refractivity contribution >= 4 is 65.3 Å². The Kier molecular flexibility index (Phi) is 5.47. The molecule has 4 nitrogen and oxygen atoms in total. The molecule has 0 saturated heterocycles. The third-order valence-corrected chi connectivity index (χ3v) is 11.1. The standard InChI is InChI=1S/C48H28N4/c1-2-12-32(13-3-1)51-42-20-9-8-16-35(42)39-27-30(22-25-43(39)51)31-23-26-44-40(28-31)38-24-21-29-11-4-5-14-33(29)47(38)52(44)48-49-41-19-10-18-36-34-15-6-7-17-37(34)46(50-48)45(36)41/h1-28H. The highest BCUT2D eigenvalue weighted by atomic mass is 15.2. The molecule has 4 heteroatoms. The van der Waals surface area contributed by atoms with E-state index in [4.69, 9.17) is 9.97 Å². The van der Waals surface area contributed by atoms with Gasteiger partial charge in [-0.05, 0) is 76.2 Å². The van der Waals surface area contributed by atoms with E-state index in [-0.39, 0.29) is 0 Å². The molecule has 240 valence electrons. The zero-order chi connectivity index (χ0) is 33.9. The summed E-state index contributed by atoms with van der Waals surface area (Å²) in [6, 6.07) is 61.3. The molecule has 0 bridgehead atoms. The molecule has 0 fully saturated rings. The molecule has 8 aromatic carbocycles. The quantitative estimate of drug-likeness (QED) is 0.189.